The number of hydrogen-bond donors (Lipinski definition) is 2. The third kappa shape index (κ3) is 1.87. The third-order valence-electron chi connectivity index (χ3n) is 3.57. The quantitative estimate of drug-likeness (QED) is 0.881. The van der Waals surface area contributed by atoms with Gasteiger partial charge in [0.25, 0.3) is 0 Å². The van der Waals surface area contributed by atoms with Crippen LogP contribution in [0.1, 0.15) is 18.7 Å². The lowest BCUT2D eigenvalue weighted by molar-refractivity contribution is -0.140. The van der Waals surface area contributed by atoms with Gasteiger partial charge in [0.1, 0.15) is 17.0 Å². The van der Waals surface area contributed by atoms with Crippen molar-refractivity contribution in [1.82, 2.24) is 9.97 Å². The van der Waals surface area contributed by atoms with Crippen LogP contribution in [0, 0.1) is 0 Å². The molecule has 0 radical (unpaired) electrons. The molecule has 0 bridgehead atoms. The van der Waals surface area contributed by atoms with Crippen LogP contribution >= 0.6 is 0 Å². The number of nitrogens with one attached hydrogen (secondary N) is 1. The normalized spacial score (nSPS) is 16.1. The number of carboxylic acid groups (broad SMARTS) is 1. The number of ether oxygens (including phenoxy) is 1. The van der Waals surface area contributed by atoms with E-state index in [2.05, 4.69) is 9.97 Å². The molecule has 2 aromatic rings. The van der Waals surface area contributed by atoms with E-state index in [1.807, 2.05) is 24.3 Å². The first-order valence-electron chi connectivity index (χ1n) is 6.09. The van der Waals surface area contributed by atoms with Crippen LogP contribution in [0.15, 0.2) is 30.5 Å². The van der Waals surface area contributed by atoms with E-state index < -0.39 is 11.4 Å². The molecule has 0 atom stereocenters. The summed E-state index contributed by atoms with van der Waals surface area (Å²) in [7, 11) is 1.61. The van der Waals surface area contributed by atoms with Crippen LogP contribution in [-0.4, -0.2) is 28.2 Å². The van der Waals surface area contributed by atoms with E-state index in [-0.39, 0.29) is 0 Å². The van der Waals surface area contributed by atoms with Gasteiger partial charge in [0.2, 0.25) is 0 Å². The highest BCUT2D eigenvalue weighted by atomic mass is 16.5. The van der Waals surface area contributed by atoms with Crippen molar-refractivity contribution in [2.24, 2.45) is 0 Å². The molecule has 1 saturated carbocycles. The van der Waals surface area contributed by atoms with E-state index in [1.165, 1.54) is 0 Å². The fraction of sp³-hybridized carbons (Fsp3) is 0.286. The summed E-state index contributed by atoms with van der Waals surface area (Å²) in [5.74, 6) is 0.491. The second kappa shape index (κ2) is 4.12. The summed E-state index contributed by atoms with van der Waals surface area (Å²) >= 11 is 0. The molecule has 0 spiro atoms. The maximum Gasteiger partial charge on any atom is 0.317 e. The molecule has 1 aromatic heterocycles. The highest BCUT2D eigenvalue weighted by Crippen LogP contribution is 2.47. The zero-order valence-electron chi connectivity index (χ0n) is 10.5. The Labute approximate surface area is 110 Å². The van der Waals surface area contributed by atoms with E-state index >= 15 is 0 Å². The number of benzene rings is 1. The van der Waals surface area contributed by atoms with Crippen molar-refractivity contribution in [1.29, 1.82) is 0 Å². The number of imidazole rings is 1. The van der Waals surface area contributed by atoms with Crippen molar-refractivity contribution >= 4 is 5.97 Å². The van der Waals surface area contributed by atoms with Gasteiger partial charge in [-0.1, -0.05) is 12.1 Å². The fourth-order valence-electron chi connectivity index (χ4n) is 2.18. The second-order valence-electron chi connectivity index (χ2n) is 4.76. The van der Waals surface area contributed by atoms with Gasteiger partial charge in [-0.05, 0) is 25.0 Å². The highest BCUT2D eigenvalue weighted by molar-refractivity contribution is 5.84. The predicted molar refractivity (Wildman–Crippen MR) is 69.1 cm³/mol. The van der Waals surface area contributed by atoms with E-state index in [0.29, 0.717) is 18.7 Å². The Hall–Kier alpha value is -2.30. The molecule has 2 N–H and O–H groups in total. The molecule has 5 heteroatoms. The number of rotatable bonds is 4. The SMILES string of the molecule is COc1cccc(-c2cnc(C3(C(=O)O)CC3)[nH]2)c1. The van der Waals surface area contributed by atoms with Crippen LogP contribution in [0.4, 0.5) is 0 Å². The van der Waals surface area contributed by atoms with Gasteiger partial charge in [0.05, 0.1) is 19.0 Å². The van der Waals surface area contributed by atoms with Crippen molar-refractivity contribution in [3.05, 3.63) is 36.3 Å². The molecule has 1 aliphatic rings. The summed E-state index contributed by atoms with van der Waals surface area (Å²) in [4.78, 5) is 18.6. The van der Waals surface area contributed by atoms with Gasteiger partial charge in [0, 0.05) is 5.56 Å². The minimum absolute atomic E-state index is 0.540. The van der Waals surface area contributed by atoms with Gasteiger partial charge in [-0.3, -0.25) is 4.79 Å². The number of aliphatic carboxylic acids is 1. The zero-order chi connectivity index (χ0) is 13.5. The first-order chi connectivity index (χ1) is 9.15. The average Bonchev–Trinajstić information content (AvgIpc) is 3.10. The van der Waals surface area contributed by atoms with Crippen molar-refractivity contribution in [2.75, 3.05) is 7.11 Å². The largest absolute Gasteiger partial charge is 0.497 e. The summed E-state index contributed by atoms with van der Waals surface area (Å²) in [5, 5.41) is 9.24. The molecule has 0 saturated heterocycles. The molecule has 19 heavy (non-hydrogen) atoms. The van der Waals surface area contributed by atoms with Crippen LogP contribution in [0.5, 0.6) is 5.75 Å². The summed E-state index contributed by atoms with van der Waals surface area (Å²) in [6, 6.07) is 7.57. The Morgan fingerprint density at radius 3 is 2.89 bits per heavy atom. The molecule has 1 aromatic carbocycles. The van der Waals surface area contributed by atoms with E-state index in [0.717, 1.165) is 17.0 Å². The minimum Gasteiger partial charge on any atom is -0.497 e. The summed E-state index contributed by atoms with van der Waals surface area (Å²) in [6.07, 6.45) is 2.97. The van der Waals surface area contributed by atoms with Crippen LogP contribution < -0.4 is 4.74 Å². The Morgan fingerprint density at radius 1 is 1.47 bits per heavy atom. The molecule has 0 amide bonds. The number of hydrogen-bond acceptors (Lipinski definition) is 3. The number of aromatic nitrogens is 2. The molecule has 5 nitrogen and oxygen atoms in total. The van der Waals surface area contributed by atoms with Crippen LogP contribution in [0.25, 0.3) is 11.3 Å². The number of aromatic amines is 1. The topological polar surface area (TPSA) is 75.2 Å². The number of H-pyrrole nitrogens is 1. The van der Waals surface area contributed by atoms with Gasteiger partial charge in [0.15, 0.2) is 0 Å². The first kappa shape index (κ1) is 11.8. The molecule has 1 fully saturated rings. The van der Waals surface area contributed by atoms with E-state index in [1.54, 1.807) is 13.3 Å². The second-order valence-corrected chi connectivity index (χ2v) is 4.76. The third-order valence-corrected chi connectivity index (χ3v) is 3.57. The van der Waals surface area contributed by atoms with Crippen molar-refractivity contribution < 1.29 is 14.6 Å². The number of methoxy groups -OCH3 is 1. The van der Waals surface area contributed by atoms with Gasteiger partial charge in [-0.25, -0.2) is 4.98 Å². The Bertz CT molecular complexity index is 629. The van der Waals surface area contributed by atoms with E-state index in [9.17, 15) is 9.90 Å². The molecule has 3 rings (SSSR count). The Kier molecular flexibility index (Phi) is 2.55. The number of nitrogens with zero attached hydrogens (tertiary/aromatic N) is 1. The van der Waals surface area contributed by atoms with Gasteiger partial charge in [-0.2, -0.15) is 0 Å². The summed E-state index contributed by atoms with van der Waals surface area (Å²) in [5.41, 5.74) is 0.942. The van der Waals surface area contributed by atoms with Gasteiger partial charge in [-0.15, -0.1) is 0 Å². The molecule has 1 heterocycles. The zero-order valence-corrected chi connectivity index (χ0v) is 10.5. The van der Waals surface area contributed by atoms with Crippen LogP contribution in [0.3, 0.4) is 0 Å². The van der Waals surface area contributed by atoms with Crippen molar-refractivity contribution in [3.8, 4) is 17.0 Å². The highest BCUT2D eigenvalue weighted by Gasteiger charge is 2.54. The Morgan fingerprint density at radius 2 is 2.26 bits per heavy atom. The Balaban J connectivity index is 1.95. The lowest BCUT2D eigenvalue weighted by Gasteiger charge is -2.05. The number of carboxylic acids is 1. The summed E-state index contributed by atoms with van der Waals surface area (Å²) in [6.45, 7) is 0. The molecular formula is C14H14N2O3. The standard InChI is InChI=1S/C14H14N2O3/c1-19-10-4-2-3-9(7-10)11-8-15-12(16-11)14(5-6-14)13(17)18/h2-4,7-8H,5-6H2,1H3,(H,15,16)(H,17,18). The van der Waals surface area contributed by atoms with Crippen LogP contribution in [-0.2, 0) is 10.2 Å². The lowest BCUT2D eigenvalue weighted by Crippen LogP contribution is -2.20. The van der Waals surface area contributed by atoms with Gasteiger partial charge < -0.3 is 14.8 Å². The molecule has 0 unspecified atom stereocenters. The number of carbonyl (C=O) groups is 1. The predicted octanol–water partition coefficient (Wildman–Crippen LogP) is 2.20. The van der Waals surface area contributed by atoms with E-state index in [4.69, 9.17) is 4.74 Å². The van der Waals surface area contributed by atoms with Crippen molar-refractivity contribution in [2.45, 2.75) is 18.3 Å². The fourth-order valence-corrected chi connectivity index (χ4v) is 2.18. The molecule has 98 valence electrons. The van der Waals surface area contributed by atoms with Crippen LogP contribution in [0.2, 0.25) is 0 Å². The minimum atomic E-state index is -0.806. The maximum absolute atomic E-state index is 11.3. The first-order valence-corrected chi connectivity index (χ1v) is 6.09. The van der Waals surface area contributed by atoms with Gasteiger partial charge >= 0.3 is 5.97 Å². The smallest absolute Gasteiger partial charge is 0.317 e. The average molecular weight is 258 g/mol. The molecule has 1 aliphatic carbocycles. The maximum atomic E-state index is 11.3. The lowest BCUT2D eigenvalue weighted by atomic mass is 10.1. The molecular weight excluding hydrogens is 244 g/mol. The monoisotopic (exact) mass is 258 g/mol. The molecule has 0 aliphatic heterocycles. The summed E-state index contributed by atoms with van der Waals surface area (Å²) < 4.78 is 5.17. The van der Waals surface area contributed by atoms with Crippen molar-refractivity contribution in [3.63, 3.8) is 0 Å².